The monoisotopic (exact) mass is 358 g/mol. The van der Waals surface area contributed by atoms with Crippen LogP contribution in [0.2, 0.25) is 0 Å². The van der Waals surface area contributed by atoms with E-state index in [1.54, 1.807) is 0 Å². The number of likely N-dealkylation sites (tertiary alicyclic amines) is 1. The molecule has 0 spiro atoms. The van der Waals surface area contributed by atoms with Crippen molar-refractivity contribution in [3.8, 4) is 0 Å². The van der Waals surface area contributed by atoms with Gasteiger partial charge in [0.2, 0.25) is 0 Å². The van der Waals surface area contributed by atoms with Crippen LogP contribution in [-0.2, 0) is 0 Å². The number of nitrogens with zero attached hydrogens (tertiary/aromatic N) is 3. The molecule has 3 rings (SSSR count). The highest BCUT2D eigenvalue weighted by molar-refractivity contribution is 5.96. The minimum Gasteiger partial charge on any atom is -0.376 e. The zero-order valence-electron chi connectivity index (χ0n) is 16.5. The average molecular weight is 358 g/mol. The largest absolute Gasteiger partial charge is 0.376 e. The highest BCUT2D eigenvalue weighted by Gasteiger charge is 2.25. The Morgan fingerprint density at radius 2 is 1.92 bits per heavy atom. The molecule has 0 bridgehead atoms. The molecule has 6 heteroatoms. The second-order valence-corrected chi connectivity index (χ2v) is 6.84. The molecule has 0 radical (unpaired) electrons. The van der Waals surface area contributed by atoms with Crippen molar-refractivity contribution in [2.24, 2.45) is 0 Å². The van der Waals surface area contributed by atoms with Crippen molar-refractivity contribution in [2.75, 3.05) is 18.4 Å². The Kier molecular flexibility index (Phi) is 6.91. The van der Waals surface area contributed by atoms with Gasteiger partial charge in [-0.25, -0.2) is 4.98 Å². The first kappa shape index (κ1) is 20.1. The van der Waals surface area contributed by atoms with Gasteiger partial charge in [0.25, 0.3) is 0 Å². The van der Waals surface area contributed by atoms with Crippen LogP contribution >= 0.6 is 0 Å². The quantitative estimate of drug-likeness (QED) is 0.630. The second kappa shape index (κ2) is 8.94. The first-order valence-electron chi connectivity index (χ1n) is 9.50. The molecule has 1 aliphatic heterocycles. The van der Waals surface area contributed by atoms with Gasteiger partial charge in [0.15, 0.2) is 0 Å². The molecule has 1 aromatic heterocycles. The van der Waals surface area contributed by atoms with Crippen molar-refractivity contribution in [2.45, 2.75) is 59.5 Å². The first-order chi connectivity index (χ1) is 12.5. The molecular formula is C20H30N4O2. The maximum atomic E-state index is 11.5. The smallest absolute Gasteiger partial charge is 0.311 e. The minimum absolute atomic E-state index is 0.0550. The third-order valence-corrected chi connectivity index (χ3v) is 4.81. The summed E-state index contributed by atoms with van der Waals surface area (Å²) in [5, 5.41) is 15.7. The summed E-state index contributed by atoms with van der Waals surface area (Å²) >= 11 is 0. The lowest BCUT2D eigenvalue weighted by Crippen LogP contribution is -2.42. The lowest BCUT2D eigenvalue weighted by atomic mass is 10.0. The van der Waals surface area contributed by atoms with Gasteiger partial charge in [-0.1, -0.05) is 25.5 Å². The topological polar surface area (TPSA) is 71.3 Å². The lowest BCUT2D eigenvalue weighted by molar-refractivity contribution is -0.384. The van der Waals surface area contributed by atoms with E-state index in [0.717, 1.165) is 42.4 Å². The van der Waals surface area contributed by atoms with Crippen LogP contribution in [0, 0.1) is 17.0 Å². The van der Waals surface area contributed by atoms with Crippen LogP contribution in [-0.4, -0.2) is 40.0 Å². The van der Waals surface area contributed by atoms with E-state index in [-0.39, 0.29) is 16.7 Å². The molecule has 26 heavy (non-hydrogen) atoms. The molecule has 2 heterocycles. The number of benzene rings is 1. The van der Waals surface area contributed by atoms with E-state index in [0.29, 0.717) is 11.7 Å². The van der Waals surface area contributed by atoms with E-state index < -0.39 is 0 Å². The van der Waals surface area contributed by atoms with Crippen LogP contribution in [0.4, 0.5) is 11.4 Å². The molecule has 1 fully saturated rings. The van der Waals surface area contributed by atoms with E-state index in [1.165, 1.54) is 6.20 Å². The van der Waals surface area contributed by atoms with Gasteiger partial charge in [0.05, 0.1) is 10.4 Å². The van der Waals surface area contributed by atoms with E-state index in [1.807, 2.05) is 39.0 Å². The molecule has 1 aliphatic rings. The summed E-state index contributed by atoms with van der Waals surface area (Å²) in [5.74, 6) is 0. The number of hydrogen-bond donors (Lipinski definition) is 1. The molecule has 6 nitrogen and oxygen atoms in total. The molecule has 2 aromatic rings. The predicted octanol–water partition coefficient (Wildman–Crippen LogP) is 4.76. The lowest BCUT2D eigenvalue weighted by Gasteiger charge is -2.35. The van der Waals surface area contributed by atoms with E-state index in [9.17, 15) is 10.1 Å². The molecule has 1 N–H and O–H groups in total. The Morgan fingerprint density at radius 1 is 1.27 bits per heavy atom. The van der Waals surface area contributed by atoms with Crippen LogP contribution in [0.1, 0.15) is 46.1 Å². The summed E-state index contributed by atoms with van der Waals surface area (Å²) in [5.41, 5.74) is 2.52. The van der Waals surface area contributed by atoms with Crippen LogP contribution < -0.4 is 5.32 Å². The van der Waals surface area contributed by atoms with Gasteiger partial charge in [0.1, 0.15) is 11.9 Å². The summed E-state index contributed by atoms with van der Waals surface area (Å²) < 4.78 is 0. The maximum absolute atomic E-state index is 11.5. The minimum atomic E-state index is -0.347. The fraction of sp³-hybridized carbons (Fsp3) is 0.550. The van der Waals surface area contributed by atoms with Gasteiger partial charge in [-0.15, -0.1) is 0 Å². The zero-order chi connectivity index (χ0) is 19.3. The fourth-order valence-electron chi connectivity index (χ4n) is 3.35. The van der Waals surface area contributed by atoms with Crippen molar-refractivity contribution >= 4 is 22.3 Å². The van der Waals surface area contributed by atoms with Gasteiger partial charge in [-0.2, -0.15) is 0 Å². The van der Waals surface area contributed by atoms with Gasteiger partial charge >= 0.3 is 5.69 Å². The number of nitrogens with one attached hydrogen (secondary N) is 1. The van der Waals surface area contributed by atoms with Gasteiger partial charge < -0.3 is 10.2 Å². The van der Waals surface area contributed by atoms with Crippen molar-refractivity contribution < 1.29 is 4.92 Å². The number of rotatable bonds is 4. The number of piperidine rings is 1. The third-order valence-electron chi connectivity index (χ3n) is 4.81. The average Bonchev–Trinajstić information content (AvgIpc) is 2.64. The van der Waals surface area contributed by atoms with E-state index in [2.05, 4.69) is 29.0 Å². The number of nitro groups is 1. The van der Waals surface area contributed by atoms with E-state index >= 15 is 0 Å². The Balaban J connectivity index is 0.00000117. The summed E-state index contributed by atoms with van der Waals surface area (Å²) in [6.45, 7) is 12.4. The molecule has 0 atom stereocenters. The number of aryl methyl sites for hydroxylation is 1. The highest BCUT2D eigenvalue weighted by atomic mass is 16.6. The maximum Gasteiger partial charge on any atom is 0.311 e. The molecule has 0 aliphatic carbocycles. The van der Waals surface area contributed by atoms with Gasteiger partial charge in [0, 0.05) is 30.6 Å². The van der Waals surface area contributed by atoms with Gasteiger partial charge in [-0.05, 0) is 45.7 Å². The number of hydrogen-bond acceptors (Lipinski definition) is 5. The predicted molar refractivity (Wildman–Crippen MR) is 108 cm³/mol. The molecular weight excluding hydrogens is 328 g/mol. The first-order valence-corrected chi connectivity index (χ1v) is 9.50. The number of anilines is 1. The Bertz CT molecular complexity index is 753. The SMILES string of the molecule is CC.Cc1ccc2ncc([N+](=O)[O-])c(NC3CCN(C(C)C)CC3)c2c1. The highest BCUT2D eigenvalue weighted by Crippen LogP contribution is 2.33. The van der Waals surface area contributed by atoms with Crippen LogP contribution in [0.3, 0.4) is 0 Å². The Hall–Kier alpha value is -2.21. The molecule has 0 saturated carbocycles. The Morgan fingerprint density at radius 3 is 2.50 bits per heavy atom. The van der Waals surface area contributed by atoms with Crippen molar-refractivity contribution in [3.05, 3.63) is 40.1 Å². The molecule has 0 amide bonds. The van der Waals surface area contributed by atoms with Crippen LogP contribution in [0.5, 0.6) is 0 Å². The summed E-state index contributed by atoms with van der Waals surface area (Å²) in [6, 6.07) is 6.67. The standard InChI is InChI=1S/C18H24N4O2.C2H6/c1-12(2)21-8-6-14(7-9-21)20-18-15-10-13(3)4-5-16(15)19-11-17(18)22(23)24;1-2/h4-5,10-12,14H,6-9H2,1-3H3,(H,19,20);1-2H3. The summed E-state index contributed by atoms with van der Waals surface area (Å²) in [6.07, 6.45) is 3.35. The number of aromatic nitrogens is 1. The summed E-state index contributed by atoms with van der Waals surface area (Å²) in [4.78, 5) is 17.8. The van der Waals surface area contributed by atoms with Crippen LogP contribution in [0.15, 0.2) is 24.4 Å². The normalized spacial score (nSPS) is 15.6. The summed E-state index contributed by atoms with van der Waals surface area (Å²) in [7, 11) is 0. The van der Waals surface area contributed by atoms with Crippen molar-refractivity contribution in [1.29, 1.82) is 0 Å². The number of fused-ring (bicyclic) bond motifs is 1. The van der Waals surface area contributed by atoms with Crippen molar-refractivity contribution in [3.63, 3.8) is 0 Å². The van der Waals surface area contributed by atoms with Crippen LogP contribution in [0.25, 0.3) is 10.9 Å². The van der Waals surface area contributed by atoms with Crippen molar-refractivity contribution in [1.82, 2.24) is 9.88 Å². The molecule has 1 saturated heterocycles. The van der Waals surface area contributed by atoms with E-state index in [4.69, 9.17) is 0 Å². The molecule has 1 aromatic carbocycles. The molecule has 142 valence electrons. The third kappa shape index (κ3) is 4.49. The molecule has 0 unspecified atom stereocenters. The van der Waals surface area contributed by atoms with Gasteiger partial charge in [-0.3, -0.25) is 10.1 Å². The Labute approximate surface area is 155 Å². The zero-order valence-corrected chi connectivity index (χ0v) is 16.5. The second-order valence-electron chi connectivity index (χ2n) is 6.84. The number of pyridine rings is 1. The fourth-order valence-corrected chi connectivity index (χ4v) is 3.35.